The number of piperazine rings is 1. The highest BCUT2D eigenvalue weighted by Gasteiger charge is 2.31. The van der Waals surface area contributed by atoms with Crippen LogP contribution in [-0.2, 0) is 10.0 Å². The largest absolute Gasteiger partial charge is 0.573 e. The van der Waals surface area contributed by atoms with Crippen LogP contribution in [0.4, 0.5) is 18.9 Å². The van der Waals surface area contributed by atoms with Gasteiger partial charge in [-0.25, -0.2) is 8.42 Å². The van der Waals surface area contributed by atoms with Crippen molar-refractivity contribution in [3.63, 3.8) is 0 Å². The van der Waals surface area contributed by atoms with E-state index in [2.05, 4.69) is 10.1 Å². The molecule has 2 aromatic rings. The van der Waals surface area contributed by atoms with Gasteiger partial charge in [0, 0.05) is 37.4 Å². The maximum Gasteiger partial charge on any atom is 0.573 e. The van der Waals surface area contributed by atoms with E-state index in [1.165, 1.54) is 40.7 Å². The Balaban J connectivity index is 1.64. The molecule has 1 aliphatic rings. The van der Waals surface area contributed by atoms with Gasteiger partial charge in [-0.15, -0.1) is 13.2 Å². The molecule has 1 heterocycles. The van der Waals surface area contributed by atoms with E-state index in [1.807, 2.05) is 11.9 Å². The number of carbonyl (C=O) groups excluding carboxylic acids is 1. The SMILES string of the molecule is CN1CCN(S(=O)(=O)c2ccc(NC(=O)c3ccc(OC(F)(F)F)cc3)cc2)CC1. The molecule has 1 N–H and O–H groups in total. The van der Waals surface area contributed by atoms with Gasteiger partial charge in [-0.2, -0.15) is 4.31 Å². The van der Waals surface area contributed by atoms with Crippen LogP contribution in [0.5, 0.6) is 5.75 Å². The van der Waals surface area contributed by atoms with E-state index in [-0.39, 0.29) is 10.5 Å². The monoisotopic (exact) mass is 443 g/mol. The highest BCUT2D eigenvalue weighted by atomic mass is 32.2. The lowest BCUT2D eigenvalue weighted by molar-refractivity contribution is -0.274. The minimum atomic E-state index is -4.81. The quantitative estimate of drug-likeness (QED) is 0.769. The highest BCUT2D eigenvalue weighted by molar-refractivity contribution is 7.89. The van der Waals surface area contributed by atoms with Gasteiger partial charge in [0.05, 0.1) is 4.90 Å². The molecule has 1 saturated heterocycles. The van der Waals surface area contributed by atoms with Crippen molar-refractivity contribution in [2.24, 2.45) is 0 Å². The number of halogens is 3. The molecule has 0 unspecified atom stereocenters. The molecule has 0 bridgehead atoms. The molecule has 0 atom stereocenters. The molecule has 0 aromatic heterocycles. The van der Waals surface area contributed by atoms with Crippen LogP contribution in [0.15, 0.2) is 53.4 Å². The van der Waals surface area contributed by atoms with Crippen LogP contribution in [0, 0.1) is 0 Å². The summed E-state index contributed by atoms with van der Waals surface area (Å²) in [5.41, 5.74) is 0.478. The van der Waals surface area contributed by atoms with Gasteiger partial charge in [0.25, 0.3) is 5.91 Å². The summed E-state index contributed by atoms with van der Waals surface area (Å²) in [7, 11) is -1.69. The van der Waals surface area contributed by atoms with Crippen molar-refractivity contribution in [2.75, 3.05) is 38.5 Å². The van der Waals surface area contributed by atoms with E-state index in [9.17, 15) is 26.4 Å². The zero-order chi connectivity index (χ0) is 21.9. The number of sulfonamides is 1. The number of rotatable bonds is 5. The van der Waals surface area contributed by atoms with E-state index >= 15 is 0 Å². The van der Waals surface area contributed by atoms with Crippen LogP contribution >= 0.6 is 0 Å². The Bertz CT molecular complexity index is 985. The molecule has 0 radical (unpaired) electrons. The normalized spacial score (nSPS) is 16.3. The lowest BCUT2D eigenvalue weighted by atomic mass is 10.2. The van der Waals surface area contributed by atoms with E-state index in [0.29, 0.717) is 31.9 Å². The molecule has 3 rings (SSSR count). The van der Waals surface area contributed by atoms with E-state index in [0.717, 1.165) is 12.1 Å². The molecule has 162 valence electrons. The predicted octanol–water partition coefficient (Wildman–Crippen LogP) is 2.77. The summed E-state index contributed by atoms with van der Waals surface area (Å²) in [6.07, 6.45) is -4.81. The smallest absolute Gasteiger partial charge is 0.406 e. The van der Waals surface area contributed by atoms with Crippen LogP contribution in [0.25, 0.3) is 0 Å². The number of nitrogens with zero attached hydrogens (tertiary/aromatic N) is 2. The molecule has 1 amide bonds. The third-order valence-corrected chi connectivity index (χ3v) is 6.48. The summed E-state index contributed by atoms with van der Waals surface area (Å²) in [6, 6.07) is 10.2. The van der Waals surface area contributed by atoms with E-state index < -0.39 is 28.0 Å². The molecular weight excluding hydrogens is 423 g/mol. The molecule has 0 aliphatic carbocycles. The maximum atomic E-state index is 12.7. The molecule has 30 heavy (non-hydrogen) atoms. The first-order valence-corrected chi connectivity index (χ1v) is 10.4. The fraction of sp³-hybridized carbons (Fsp3) is 0.316. The molecule has 0 spiro atoms. The summed E-state index contributed by atoms with van der Waals surface area (Å²) in [5.74, 6) is -0.985. The zero-order valence-corrected chi connectivity index (χ0v) is 16.8. The van der Waals surface area contributed by atoms with Gasteiger partial charge < -0.3 is 15.0 Å². The first kappa shape index (κ1) is 22.1. The van der Waals surface area contributed by atoms with Crippen molar-refractivity contribution in [3.8, 4) is 5.75 Å². The summed E-state index contributed by atoms with van der Waals surface area (Å²) < 4.78 is 67.2. The van der Waals surface area contributed by atoms with Crippen LogP contribution in [-0.4, -0.2) is 63.1 Å². The standard InChI is InChI=1S/C19H20F3N3O4S/c1-24-10-12-25(13-11-24)30(27,28)17-8-4-15(5-9-17)23-18(26)14-2-6-16(7-3-14)29-19(20,21)22/h2-9H,10-13H2,1H3,(H,23,26). The fourth-order valence-electron chi connectivity index (χ4n) is 2.90. The number of ether oxygens (including phenoxy) is 1. The van der Waals surface area contributed by atoms with Crippen molar-refractivity contribution in [1.29, 1.82) is 0 Å². The molecule has 2 aromatic carbocycles. The number of likely N-dealkylation sites (N-methyl/N-ethyl adjacent to an activating group) is 1. The minimum absolute atomic E-state index is 0.124. The van der Waals surface area contributed by atoms with Crippen LogP contribution in [0.2, 0.25) is 0 Å². The van der Waals surface area contributed by atoms with Gasteiger partial charge >= 0.3 is 6.36 Å². The Morgan fingerprint density at radius 2 is 1.53 bits per heavy atom. The lowest BCUT2D eigenvalue weighted by Crippen LogP contribution is -2.46. The number of benzene rings is 2. The molecule has 11 heteroatoms. The van der Waals surface area contributed by atoms with E-state index in [1.54, 1.807) is 0 Å². The van der Waals surface area contributed by atoms with Crippen LogP contribution in [0.3, 0.4) is 0 Å². The summed E-state index contributed by atoms with van der Waals surface area (Å²) in [5, 5.41) is 2.57. The predicted molar refractivity (Wildman–Crippen MR) is 104 cm³/mol. The highest BCUT2D eigenvalue weighted by Crippen LogP contribution is 2.23. The zero-order valence-electron chi connectivity index (χ0n) is 16.0. The van der Waals surface area contributed by atoms with Crippen molar-refractivity contribution in [3.05, 3.63) is 54.1 Å². The second-order valence-electron chi connectivity index (χ2n) is 6.76. The average Bonchev–Trinajstić information content (AvgIpc) is 2.68. The first-order valence-electron chi connectivity index (χ1n) is 9.00. The topological polar surface area (TPSA) is 79.0 Å². The van der Waals surface area contributed by atoms with Crippen molar-refractivity contribution in [2.45, 2.75) is 11.3 Å². The number of hydrogen-bond acceptors (Lipinski definition) is 5. The molecular formula is C19H20F3N3O4S. The van der Waals surface area contributed by atoms with Gasteiger partial charge in [-0.1, -0.05) is 0 Å². The van der Waals surface area contributed by atoms with Crippen molar-refractivity contribution in [1.82, 2.24) is 9.21 Å². The summed E-state index contributed by atoms with van der Waals surface area (Å²) in [6.45, 7) is 2.12. The Morgan fingerprint density at radius 1 is 0.967 bits per heavy atom. The van der Waals surface area contributed by atoms with Gasteiger partial charge in [0.1, 0.15) is 5.75 Å². The maximum absolute atomic E-state index is 12.7. The number of hydrogen-bond donors (Lipinski definition) is 1. The van der Waals surface area contributed by atoms with Gasteiger partial charge in [0.2, 0.25) is 10.0 Å². The Labute approximate surface area is 172 Å². The summed E-state index contributed by atoms with van der Waals surface area (Å²) >= 11 is 0. The van der Waals surface area contributed by atoms with Crippen LogP contribution < -0.4 is 10.1 Å². The van der Waals surface area contributed by atoms with E-state index in [4.69, 9.17) is 0 Å². The summed E-state index contributed by atoms with van der Waals surface area (Å²) in [4.78, 5) is 14.4. The molecule has 1 aliphatic heterocycles. The second kappa shape index (κ2) is 8.62. The molecule has 0 saturated carbocycles. The Kier molecular flexibility index (Phi) is 6.34. The average molecular weight is 443 g/mol. The first-order chi connectivity index (χ1) is 14.0. The number of alkyl halides is 3. The molecule has 1 fully saturated rings. The van der Waals surface area contributed by atoms with Crippen molar-refractivity contribution < 1.29 is 31.1 Å². The Hall–Kier alpha value is -2.63. The number of nitrogens with one attached hydrogen (secondary N) is 1. The fourth-order valence-corrected chi connectivity index (χ4v) is 4.32. The third kappa shape index (κ3) is 5.49. The van der Waals surface area contributed by atoms with Gasteiger partial charge in [-0.05, 0) is 55.6 Å². The number of carbonyl (C=O) groups is 1. The minimum Gasteiger partial charge on any atom is -0.406 e. The van der Waals surface area contributed by atoms with Gasteiger partial charge in [-0.3, -0.25) is 4.79 Å². The number of amides is 1. The number of anilines is 1. The van der Waals surface area contributed by atoms with Crippen molar-refractivity contribution >= 4 is 21.6 Å². The van der Waals surface area contributed by atoms with Gasteiger partial charge in [0.15, 0.2) is 0 Å². The molecule has 7 nitrogen and oxygen atoms in total. The van der Waals surface area contributed by atoms with Crippen LogP contribution in [0.1, 0.15) is 10.4 Å². The third-order valence-electron chi connectivity index (χ3n) is 4.56. The lowest BCUT2D eigenvalue weighted by Gasteiger charge is -2.31. The second-order valence-corrected chi connectivity index (χ2v) is 8.70. The Morgan fingerprint density at radius 3 is 2.07 bits per heavy atom.